The molecule has 8 heteroatoms. The zero-order valence-corrected chi connectivity index (χ0v) is 16.5. The molecule has 8 nitrogen and oxygen atoms in total. The Kier molecular flexibility index (Phi) is 4.98. The van der Waals surface area contributed by atoms with E-state index in [-0.39, 0.29) is 18.5 Å². The molecule has 0 aliphatic carbocycles. The number of fused-ring (bicyclic) bond motifs is 1. The van der Waals surface area contributed by atoms with Crippen molar-refractivity contribution in [2.75, 3.05) is 37.7 Å². The Bertz CT molecular complexity index is 1040. The monoisotopic (exact) mass is 402 g/mol. The molecule has 0 radical (unpaired) electrons. The summed E-state index contributed by atoms with van der Waals surface area (Å²) in [5, 5.41) is 12.4. The Morgan fingerprint density at radius 3 is 2.43 bits per heavy atom. The number of benzene rings is 2. The summed E-state index contributed by atoms with van der Waals surface area (Å²) in [5.74, 6) is 0.597. The van der Waals surface area contributed by atoms with E-state index in [1.807, 2.05) is 58.3 Å². The molecular weight excluding hydrogens is 380 g/mol. The summed E-state index contributed by atoms with van der Waals surface area (Å²) in [4.78, 5) is 16.8. The average molecular weight is 402 g/mol. The SMILES string of the molecule is O=C(CN1C(c2ccccc2)=C[C@@H](c2ccccc2)n2nnnc21)N1CCOCC1. The number of amides is 1. The van der Waals surface area contributed by atoms with Gasteiger partial charge < -0.3 is 9.64 Å². The van der Waals surface area contributed by atoms with Crippen molar-refractivity contribution in [3.05, 3.63) is 77.9 Å². The van der Waals surface area contributed by atoms with E-state index >= 15 is 0 Å². The minimum Gasteiger partial charge on any atom is -0.378 e. The molecule has 0 unspecified atom stereocenters. The Balaban J connectivity index is 1.55. The number of hydrogen-bond donors (Lipinski definition) is 0. The number of aromatic nitrogens is 4. The van der Waals surface area contributed by atoms with E-state index in [1.165, 1.54) is 0 Å². The van der Waals surface area contributed by atoms with Gasteiger partial charge in [-0.15, -0.1) is 0 Å². The van der Waals surface area contributed by atoms with E-state index in [0.29, 0.717) is 32.3 Å². The van der Waals surface area contributed by atoms with E-state index in [4.69, 9.17) is 4.74 Å². The van der Waals surface area contributed by atoms with Gasteiger partial charge in [-0.05, 0) is 27.6 Å². The maximum atomic E-state index is 13.1. The van der Waals surface area contributed by atoms with Gasteiger partial charge >= 0.3 is 0 Å². The van der Waals surface area contributed by atoms with Crippen molar-refractivity contribution < 1.29 is 9.53 Å². The first-order valence-electron chi connectivity index (χ1n) is 10.0. The van der Waals surface area contributed by atoms with Crippen molar-refractivity contribution in [2.45, 2.75) is 6.04 Å². The van der Waals surface area contributed by atoms with Crippen LogP contribution in [0.3, 0.4) is 0 Å². The topological polar surface area (TPSA) is 76.4 Å². The predicted octanol–water partition coefficient (Wildman–Crippen LogP) is 1.98. The highest BCUT2D eigenvalue weighted by Crippen LogP contribution is 2.36. The Morgan fingerprint density at radius 1 is 1.00 bits per heavy atom. The lowest BCUT2D eigenvalue weighted by molar-refractivity contribution is -0.133. The van der Waals surface area contributed by atoms with Crippen molar-refractivity contribution in [1.29, 1.82) is 0 Å². The zero-order chi connectivity index (χ0) is 20.3. The van der Waals surface area contributed by atoms with E-state index in [2.05, 4.69) is 33.7 Å². The molecule has 0 saturated carbocycles. The van der Waals surface area contributed by atoms with Crippen LogP contribution in [0.15, 0.2) is 66.7 Å². The van der Waals surface area contributed by atoms with Gasteiger partial charge in [0.2, 0.25) is 5.91 Å². The molecule has 1 saturated heterocycles. The number of carbonyl (C=O) groups is 1. The third-order valence-electron chi connectivity index (χ3n) is 5.45. The van der Waals surface area contributed by atoms with Crippen LogP contribution < -0.4 is 4.90 Å². The molecule has 0 N–H and O–H groups in total. The smallest absolute Gasteiger partial charge is 0.251 e. The summed E-state index contributed by atoms with van der Waals surface area (Å²) in [6, 6.07) is 20.0. The standard InChI is InChI=1S/C22H22N6O2/c29-21(26-11-13-30-14-12-26)16-27-19(17-7-3-1-4-8-17)15-20(18-9-5-2-6-10-18)28-22(27)23-24-25-28/h1-10,15,20H,11-14,16H2/t20-/m0/s1. The molecule has 2 aliphatic rings. The summed E-state index contributed by atoms with van der Waals surface area (Å²) in [5.41, 5.74) is 3.02. The van der Waals surface area contributed by atoms with Gasteiger partial charge in [-0.1, -0.05) is 65.8 Å². The molecule has 3 heterocycles. The Morgan fingerprint density at radius 2 is 1.70 bits per heavy atom. The lowest BCUT2D eigenvalue weighted by atomic mass is 10.0. The van der Waals surface area contributed by atoms with Gasteiger partial charge in [0.15, 0.2) is 0 Å². The largest absolute Gasteiger partial charge is 0.378 e. The maximum Gasteiger partial charge on any atom is 0.251 e. The molecule has 152 valence electrons. The number of nitrogens with zero attached hydrogens (tertiary/aromatic N) is 6. The van der Waals surface area contributed by atoms with Crippen molar-refractivity contribution in [3.8, 4) is 0 Å². The van der Waals surface area contributed by atoms with Crippen LogP contribution in [0.4, 0.5) is 5.95 Å². The van der Waals surface area contributed by atoms with E-state index < -0.39 is 0 Å². The highest BCUT2D eigenvalue weighted by atomic mass is 16.5. The van der Waals surface area contributed by atoms with E-state index in [1.54, 1.807) is 4.68 Å². The highest BCUT2D eigenvalue weighted by molar-refractivity contribution is 5.89. The molecule has 1 amide bonds. The second kappa shape index (κ2) is 8.08. The van der Waals surface area contributed by atoms with Crippen LogP contribution in [-0.4, -0.2) is 63.9 Å². The van der Waals surface area contributed by atoms with Gasteiger partial charge in [0, 0.05) is 13.1 Å². The summed E-state index contributed by atoms with van der Waals surface area (Å²) in [7, 11) is 0. The van der Waals surface area contributed by atoms with Gasteiger partial charge in [0.05, 0.1) is 18.9 Å². The quantitative estimate of drug-likeness (QED) is 0.664. The van der Waals surface area contributed by atoms with Crippen molar-refractivity contribution >= 4 is 17.6 Å². The third kappa shape index (κ3) is 3.46. The lowest BCUT2D eigenvalue weighted by Gasteiger charge is -2.34. The van der Waals surface area contributed by atoms with Gasteiger partial charge in [-0.3, -0.25) is 9.69 Å². The van der Waals surface area contributed by atoms with Gasteiger partial charge in [-0.25, -0.2) is 0 Å². The minimum atomic E-state index is -0.152. The fourth-order valence-electron chi connectivity index (χ4n) is 3.92. The number of allylic oxidation sites excluding steroid dienone is 1. The summed E-state index contributed by atoms with van der Waals surface area (Å²) in [6.45, 7) is 2.52. The number of morpholine rings is 1. The third-order valence-corrected chi connectivity index (χ3v) is 5.45. The number of rotatable bonds is 4. The normalized spacial score (nSPS) is 18.7. The number of anilines is 1. The van der Waals surface area contributed by atoms with Crippen LogP contribution in [0.5, 0.6) is 0 Å². The second-order valence-electron chi connectivity index (χ2n) is 7.28. The molecule has 30 heavy (non-hydrogen) atoms. The van der Waals surface area contributed by atoms with Crippen LogP contribution in [-0.2, 0) is 9.53 Å². The van der Waals surface area contributed by atoms with Crippen LogP contribution in [0.2, 0.25) is 0 Å². The summed E-state index contributed by atoms with van der Waals surface area (Å²) >= 11 is 0. The van der Waals surface area contributed by atoms with Crippen LogP contribution >= 0.6 is 0 Å². The van der Waals surface area contributed by atoms with E-state index in [0.717, 1.165) is 16.8 Å². The molecular formula is C22H22N6O2. The maximum absolute atomic E-state index is 13.1. The van der Waals surface area contributed by atoms with Crippen LogP contribution in [0, 0.1) is 0 Å². The van der Waals surface area contributed by atoms with Crippen molar-refractivity contribution in [2.24, 2.45) is 0 Å². The molecule has 5 rings (SSSR count). The molecule has 3 aromatic rings. The molecule has 2 aliphatic heterocycles. The number of ether oxygens (including phenoxy) is 1. The summed E-state index contributed by atoms with van der Waals surface area (Å²) in [6.07, 6.45) is 2.13. The lowest BCUT2D eigenvalue weighted by Crippen LogP contribution is -2.46. The van der Waals surface area contributed by atoms with Gasteiger partial charge in [0.25, 0.3) is 5.95 Å². The fraction of sp³-hybridized carbons (Fsp3) is 0.273. The fourth-order valence-corrected chi connectivity index (χ4v) is 3.92. The Hall–Kier alpha value is -3.52. The van der Waals surface area contributed by atoms with Crippen LogP contribution in [0.1, 0.15) is 17.2 Å². The average Bonchev–Trinajstić information content (AvgIpc) is 3.31. The molecule has 1 aromatic heterocycles. The molecule has 0 bridgehead atoms. The molecule has 2 aromatic carbocycles. The predicted molar refractivity (Wildman–Crippen MR) is 112 cm³/mol. The van der Waals surface area contributed by atoms with Crippen molar-refractivity contribution in [1.82, 2.24) is 25.1 Å². The second-order valence-corrected chi connectivity index (χ2v) is 7.28. The van der Waals surface area contributed by atoms with Gasteiger partial charge in [0.1, 0.15) is 12.6 Å². The van der Waals surface area contributed by atoms with Gasteiger partial charge in [-0.2, -0.15) is 4.68 Å². The first kappa shape index (κ1) is 18.5. The summed E-state index contributed by atoms with van der Waals surface area (Å²) < 4.78 is 7.15. The number of carbonyl (C=O) groups excluding carboxylic acids is 1. The first-order chi connectivity index (χ1) is 14.8. The molecule has 1 fully saturated rings. The number of hydrogen-bond acceptors (Lipinski definition) is 6. The highest BCUT2D eigenvalue weighted by Gasteiger charge is 2.33. The van der Waals surface area contributed by atoms with Crippen LogP contribution in [0.25, 0.3) is 5.70 Å². The minimum absolute atomic E-state index is 0.0350. The van der Waals surface area contributed by atoms with Crippen molar-refractivity contribution in [3.63, 3.8) is 0 Å². The molecule has 1 atom stereocenters. The van der Waals surface area contributed by atoms with E-state index in [9.17, 15) is 4.79 Å². The number of tetrazole rings is 1. The zero-order valence-electron chi connectivity index (χ0n) is 16.5. The Labute approximate surface area is 174 Å². The molecule has 0 spiro atoms. The first-order valence-corrected chi connectivity index (χ1v) is 10.0.